The summed E-state index contributed by atoms with van der Waals surface area (Å²) in [5, 5.41) is 12.0. The Balaban J connectivity index is 1.42. The second-order valence-corrected chi connectivity index (χ2v) is 13.4. The highest BCUT2D eigenvalue weighted by molar-refractivity contribution is 6.11. The van der Waals surface area contributed by atoms with Crippen molar-refractivity contribution in [2.24, 2.45) is 5.92 Å². The smallest absolute Gasteiger partial charge is 0.412 e. The minimum absolute atomic E-state index is 0.0327. The summed E-state index contributed by atoms with van der Waals surface area (Å²) >= 11 is 0. The minimum atomic E-state index is -0.759. The van der Waals surface area contributed by atoms with E-state index in [1.807, 2.05) is 54.3 Å². The number of piperidine rings is 1. The molecule has 1 saturated heterocycles. The van der Waals surface area contributed by atoms with Gasteiger partial charge in [-0.3, -0.25) is 15.1 Å². The second-order valence-electron chi connectivity index (χ2n) is 13.4. The maximum Gasteiger partial charge on any atom is 0.412 e. The summed E-state index contributed by atoms with van der Waals surface area (Å²) in [5.41, 5.74) is 2.43. The van der Waals surface area contributed by atoms with Crippen LogP contribution in [-0.4, -0.2) is 72.0 Å². The second kappa shape index (κ2) is 16.2. The lowest BCUT2D eigenvalue weighted by atomic mass is 9.89. The molecule has 14 heteroatoms. The maximum absolute atomic E-state index is 14.1. The van der Waals surface area contributed by atoms with Crippen molar-refractivity contribution in [3.63, 3.8) is 0 Å². The molecule has 4 aromatic rings. The van der Waals surface area contributed by atoms with Gasteiger partial charge in [0.15, 0.2) is 5.69 Å². The Labute approximate surface area is 301 Å². The number of amides is 4. The van der Waals surface area contributed by atoms with Gasteiger partial charge in [-0.1, -0.05) is 62.0 Å². The monoisotopic (exact) mass is 709 g/mol. The molecule has 3 atom stereocenters. The topological polar surface area (TPSA) is 173 Å². The van der Waals surface area contributed by atoms with Crippen LogP contribution < -0.4 is 26.2 Å². The fourth-order valence-corrected chi connectivity index (χ4v) is 5.90. The quantitative estimate of drug-likeness (QED) is 0.144. The zero-order chi connectivity index (χ0) is 37.4. The lowest BCUT2D eigenvalue weighted by molar-refractivity contribution is 0.0476. The molecule has 14 nitrogen and oxygen atoms in total. The van der Waals surface area contributed by atoms with Gasteiger partial charge in [0.05, 0.1) is 48.0 Å². The van der Waals surface area contributed by atoms with Crippen LogP contribution in [0.4, 0.5) is 31.4 Å². The fourth-order valence-electron chi connectivity index (χ4n) is 5.90. The molecule has 5 rings (SSSR count). The van der Waals surface area contributed by atoms with Crippen LogP contribution in [-0.2, 0) is 20.8 Å². The molecule has 1 fully saturated rings. The van der Waals surface area contributed by atoms with Crippen molar-refractivity contribution in [1.82, 2.24) is 20.6 Å². The van der Waals surface area contributed by atoms with E-state index >= 15 is 0 Å². The Morgan fingerprint density at radius 3 is 2.42 bits per heavy atom. The Bertz CT molecular complexity index is 1950. The summed E-state index contributed by atoms with van der Waals surface area (Å²) in [6, 6.07) is 17.0. The highest BCUT2D eigenvalue weighted by Gasteiger charge is 2.38. The minimum Gasteiger partial charge on any atom is -0.453 e. The van der Waals surface area contributed by atoms with Gasteiger partial charge < -0.3 is 35.1 Å². The van der Waals surface area contributed by atoms with Crippen LogP contribution in [0.5, 0.6) is 0 Å². The number of alkyl carbamates (subject to hydrolysis) is 2. The molecule has 52 heavy (non-hydrogen) atoms. The summed E-state index contributed by atoms with van der Waals surface area (Å²) in [5.74, 6) is -0.805. The van der Waals surface area contributed by atoms with Crippen LogP contribution in [0.25, 0.3) is 17.0 Å². The summed E-state index contributed by atoms with van der Waals surface area (Å²) in [6.07, 6.45) is 2.73. The number of nitrogens with zero attached hydrogens (tertiary/aromatic N) is 3. The number of carbonyl (C=O) groups excluding carboxylic acids is 4. The molecule has 2 aromatic carbocycles. The van der Waals surface area contributed by atoms with Gasteiger partial charge in [-0.05, 0) is 56.0 Å². The Hall–Kier alpha value is -6.18. The number of nitrogens with one attached hydrogen (secondary N) is 4. The summed E-state index contributed by atoms with van der Waals surface area (Å²) in [7, 11) is 1.27. The molecular formula is C38H43N7O7. The third kappa shape index (κ3) is 9.53. The first-order valence-electron chi connectivity index (χ1n) is 16.7. The van der Waals surface area contributed by atoms with Crippen LogP contribution in [0, 0.1) is 5.92 Å². The number of ether oxygens (including phenoxy) is 3. The van der Waals surface area contributed by atoms with Crippen molar-refractivity contribution >= 4 is 58.2 Å². The molecular weight excluding hydrogens is 666 g/mol. The first kappa shape index (κ1) is 37.1. The molecule has 0 radical (unpaired) electrons. The van der Waals surface area contributed by atoms with Gasteiger partial charge in [0, 0.05) is 24.7 Å². The number of fused-ring (bicyclic) bond motifs is 1. The molecule has 1 unspecified atom stereocenters. The molecule has 0 saturated carbocycles. The number of aromatic nitrogens is 2. The van der Waals surface area contributed by atoms with Crippen LogP contribution in [0.15, 0.2) is 79.6 Å². The van der Waals surface area contributed by atoms with Crippen LogP contribution in [0.3, 0.4) is 0 Å². The molecule has 272 valence electrons. The molecule has 4 N–H and O–H groups in total. The number of hydrogen-bond acceptors (Lipinski definition) is 10. The van der Waals surface area contributed by atoms with Crippen LogP contribution in [0.1, 0.15) is 49.3 Å². The lowest BCUT2D eigenvalue weighted by Gasteiger charge is -2.44. The van der Waals surface area contributed by atoms with Gasteiger partial charge in [-0.15, -0.1) is 0 Å². The Morgan fingerprint density at radius 2 is 1.71 bits per heavy atom. The fraction of sp³-hybridized carbons (Fsp3) is 0.316. The highest BCUT2D eigenvalue weighted by atomic mass is 16.6. The van der Waals surface area contributed by atoms with Crippen molar-refractivity contribution in [3.8, 4) is 0 Å². The zero-order valence-electron chi connectivity index (χ0n) is 29.8. The van der Waals surface area contributed by atoms with Gasteiger partial charge >= 0.3 is 18.3 Å². The van der Waals surface area contributed by atoms with E-state index in [0.29, 0.717) is 28.8 Å². The Kier molecular flexibility index (Phi) is 11.6. The van der Waals surface area contributed by atoms with E-state index in [2.05, 4.69) is 37.8 Å². The van der Waals surface area contributed by atoms with Crippen LogP contribution in [0.2, 0.25) is 0 Å². The number of anilines is 3. The molecule has 0 aliphatic carbocycles. The highest BCUT2D eigenvalue weighted by Crippen LogP contribution is 2.31. The summed E-state index contributed by atoms with van der Waals surface area (Å²) < 4.78 is 15.8. The van der Waals surface area contributed by atoms with E-state index in [0.717, 1.165) is 11.1 Å². The van der Waals surface area contributed by atoms with E-state index in [9.17, 15) is 19.2 Å². The number of carbonyl (C=O) groups is 4. The molecule has 4 amide bonds. The average Bonchev–Trinajstić information content (AvgIpc) is 3.11. The molecule has 2 aromatic heterocycles. The lowest BCUT2D eigenvalue weighted by Crippen LogP contribution is -2.64. The van der Waals surface area contributed by atoms with Crippen LogP contribution >= 0.6 is 0 Å². The number of rotatable bonds is 9. The maximum atomic E-state index is 14.1. The van der Waals surface area contributed by atoms with Gasteiger partial charge in [-0.25, -0.2) is 19.4 Å². The van der Waals surface area contributed by atoms with Crippen molar-refractivity contribution in [1.29, 1.82) is 0 Å². The average molecular weight is 710 g/mol. The van der Waals surface area contributed by atoms with E-state index in [1.54, 1.807) is 51.2 Å². The predicted octanol–water partition coefficient (Wildman–Crippen LogP) is 6.35. The third-order valence-electron chi connectivity index (χ3n) is 8.27. The molecule has 0 spiro atoms. The van der Waals surface area contributed by atoms with Crippen molar-refractivity contribution in [2.45, 2.75) is 52.0 Å². The third-order valence-corrected chi connectivity index (χ3v) is 8.27. The standard InChI is InChI=1S/C38H43N7O7/c1-7-24-13-14-26-18-28(42-36(48)51-22-25-11-9-8-10-12-25)33(40-27(26)17-24)34(46)41-29-19-39-16-15-31(29)45-20-23(2)32(44-35(47)50-6)30(21-45)43-37(49)52-38(3,4)5/h7-19,23,30,32H,1,20-22H2,2-6H3,(H,41,46)(H,42,48)(H,43,49)(H,44,47)/t23-,30?,32-/m0/s1. The normalized spacial score (nSPS) is 17.0. The predicted molar refractivity (Wildman–Crippen MR) is 198 cm³/mol. The molecule has 1 aliphatic heterocycles. The van der Waals surface area contributed by atoms with Gasteiger partial charge in [0.25, 0.3) is 5.91 Å². The number of hydrogen-bond donors (Lipinski definition) is 4. The van der Waals surface area contributed by atoms with Crippen molar-refractivity contribution in [3.05, 3.63) is 96.5 Å². The number of benzene rings is 2. The molecule has 3 heterocycles. The summed E-state index contributed by atoms with van der Waals surface area (Å²) in [6.45, 7) is 11.7. The first-order chi connectivity index (χ1) is 24.8. The van der Waals surface area contributed by atoms with Crippen molar-refractivity contribution in [2.75, 3.05) is 35.7 Å². The molecule has 1 aliphatic rings. The van der Waals surface area contributed by atoms with E-state index in [-0.39, 0.29) is 30.5 Å². The Morgan fingerprint density at radius 1 is 0.942 bits per heavy atom. The van der Waals surface area contributed by atoms with Gasteiger partial charge in [-0.2, -0.15) is 0 Å². The summed E-state index contributed by atoms with van der Waals surface area (Å²) in [4.78, 5) is 63.1. The van der Waals surface area contributed by atoms with E-state index in [4.69, 9.17) is 14.2 Å². The van der Waals surface area contributed by atoms with Gasteiger partial charge in [0.2, 0.25) is 0 Å². The molecule has 0 bridgehead atoms. The van der Waals surface area contributed by atoms with Crippen molar-refractivity contribution < 1.29 is 33.4 Å². The largest absolute Gasteiger partial charge is 0.453 e. The van der Waals surface area contributed by atoms with E-state index in [1.165, 1.54) is 13.3 Å². The first-order valence-corrected chi connectivity index (χ1v) is 16.7. The zero-order valence-corrected chi connectivity index (χ0v) is 29.8. The number of methoxy groups -OCH3 is 1. The SMILES string of the molecule is C=Cc1ccc2cc(NC(=O)OCc3ccccc3)c(C(=O)Nc3cnccc3N3CC(NC(=O)OC(C)(C)C)[C@@H](NC(=O)OC)[C@@H](C)C3)nc2c1. The van der Waals surface area contributed by atoms with Gasteiger partial charge in [0.1, 0.15) is 12.2 Å². The van der Waals surface area contributed by atoms with E-state index < -0.39 is 41.9 Å². The number of pyridine rings is 2.